The molecule has 0 aromatic rings. The zero-order chi connectivity index (χ0) is 7.44. The van der Waals surface area contributed by atoms with Gasteiger partial charge >= 0.3 is 11.9 Å². The van der Waals surface area contributed by atoms with E-state index in [4.69, 9.17) is 15.9 Å². The predicted octanol–water partition coefficient (Wildman–Crippen LogP) is -0.708. The van der Waals surface area contributed by atoms with Crippen LogP contribution in [-0.2, 0) is 29.1 Å². The SMILES string of the molecule is Cl.N[C@@H](CC(=O)O)C(=O)O.[Zn]. The Morgan fingerprint density at radius 3 is 1.82 bits per heavy atom. The molecule has 0 unspecified atom stereocenters. The minimum atomic E-state index is -1.29. The number of hydrogen-bond acceptors (Lipinski definition) is 3. The molecule has 5 nitrogen and oxygen atoms in total. The van der Waals surface area contributed by atoms with Crippen LogP contribution in [0, 0.1) is 0 Å². The average Bonchev–Trinajstić information content (AvgIpc) is 1.63. The summed E-state index contributed by atoms with van der Waals surface area (Å²) < 4.78 is 0. The number of halogens is 1. The van der Waals surface area contributed by atoms with Gasteiger partial charge in [-0.25, -0.2) is 0 Å². The van der Waals surface area contributed by atoms with E-state index in [0.717, 1.165) is 0 Å². The quantitative estimate of drug-likeness (QED) is 0.561. The van der Waals surface area contributed by atoms with Gasteiger partial charge in [0.2, 0.25) is 0 Å². The molecule has 0 bridgehead atoms. The van der Waals surface area contributed by atoms with E-state index in [-0.39, 0.29) is 31.9 Å². The van der Waals surface area contributed by atoms with Crippen molar-refractivity contribution in [1.29, 1.82) is 0 Å². The Labute approximate surface area is 82.1 Å². The van der Waals surface area contributed by atoms with E-state index in [1.165, 1.54) is 0 Å². The summed E-state index contributed by atoms with van der Waals surface area (Å²) in [6.45, 7) is 0. The van der Waals surface area contributed by atoms with E-state index < -0.39 is 24.4 Å². The van der Waals surface area contributed by atoms with Crippen LogP contribution in [0.5, 0.6) is 0 Å². The Morgan fingerprint density at radius 2 is 1.73 bits per heavy atom. The summed E-state index contributed by atoms with van der Waals surface area (Å²) in [5.74, 6) is -2.50. The Balaban J connectivity index is -0.000000320. The van der Waals surface area contributed by atoms with Gasteiger partial charge in [0.15, 0.2) is 0 Å². The zero-order valence-electron chi connectivity index (χ0n) is 5.69. The molecule has 0 aliphatic heterocycles. The number of carboxylic acid groups (broad SMARTS) is 2. The molecule has 62 valence electrons. The van der Waals surface area contributed by atoms with Crippen LogP contribution in [0.2, 0.25) is 0 Å². The molecule has 0 aliphatic carbocycles. The van der Waals surface area contributed by atoms with Gasteiger partial charge in [0.05, 0.1) is 6.42 Å². The zero-order valence-corrected chi connectivity index (χ0v) is 9.47. The molecule has 0 saturated carbocycles. The minimum Gasteiger partial charge on any atom is -0.481 e. The Hall–Kier alpha value is -0.187. The van der Waals surface area contributed by atoms with Crippen LogP contribution in [0.3, 0.4) is 0 Å². The van der Waals surface area contributed by atoms with Crippen LogP contribution >= 0.6 is 12.4 Å². The molecule has 0 aromatic carbocycles. The fraction of sp³-hybridized carbons (Fsp3) is 0.500. The van der Waals surface area contributed by atoms with Gasteiger partial charge in [-0.15, -0.1) is 12.4 Å². The second-order valence-corrected chi connectivity index (χ2v) is 1.54. The third kappa shape index (κ3) is 9.81. The summed E-state index contributed by atoms with van der Waals surface area (Å²) in [7, 11) is 0. The van der Waals surface area contributed by atoms with E-state index in [9.17, 15) is 9.59 Å². The number of carbonyl (C=O) groups is 2. The minimum absolute atomic E-state index is 0. The van der Waals surface area contributed by atoms with Gasteiger partial charge in [-0.05, 0) is 0 Å². The molecule has 0 aromatic heterocycles. The van der Waals surface area contributed by atoms with Crippen molar-refractivity contribution < 1.29 is 39.3 Å². The summed E-state index contributed by atoms with van der Waals surface area (Å²) in [5.41, 5.74) is 4.84. The van der Waals surface area contributed by atoms with Crippen molar-refractivity contribution in [3.05, 3.63) is 0 Å². The molecule has 1 atom stereocenters. The van der Waals surface area contributed by atoms with E-state index >= 15 is 0 Å². The number of carboxylic acids is 2. The summed E-state index contributed by atoms with van der Waals surface area (Å²) >= 11 is 0. The first kappa shape index (κ1) is 17.1. The smallest absolute Gasteiger partial charge is 0.321 e. The topological polar surface area (TPSA) is 101 Å². The maximum absolute atomic E-state index is 9.85. The van der Waals surface area contributed by atoms with Crippen molar-refractivity contribution >= 4 is 24.3 Å². The first-order valence-electron chi connectivity index (χ1n) is 2.24. The summed E-state index contributed by atoms with van der Waals surface area (Å²) in [4.78, 5) is 19.6. The third-order valence-electron chi connectivity index (χ3n) is 0.712. The second kappa shape index (κ2) is 7.92. The molecule has 7 heteroatoms. The molecule has 0 rings (SSSR count). The maximum Gasteiger partial charge on any atom is 0.321 e. The first-order valence-corrected chi connectivity index (χ1v) is 2.24. The van der Waals surface area contributed by atoms with Crippen molar-refractivity contribution in [2.24, 2.45) is 5.73 Å². The van der Waals surface area contributed by atoms with Gasteiger partial charge in [-0.3, -0.25) is 9.59 Å². The molecule has 0 spiro atoms. The van der Waals surface area contributed by atoms with Gasteiger partial charge in [0, 0.05) is 19.5 Å². The molecular formula is C4H8ClNO4Zn. The van der Waals surface area contributed by atoms with Gasteiger partial charge in [-0.1, -0.05) is 0 Å². The summed E-state index contributed by atoms with van der Waals surface area (Å²) in [6, 6.07) is -1.29. The predicted molar refractivity (Wildman–Crippen MR) is 35.1 cm³/mol. The first-order chi connectivity index (χ1) is 4.04. The monoisotopic (exact) mass is 233 g/mol. The van der Waals surface area contributed by atoms with Crippen molar-refractivity contribution in [2.75, 3.05) is 0 Å². The van der Waals surface area contributed by atoms with E-state index in [1.54, 1.807) is 0 Å². The van der Waals surface area contributed by atoms with Crippen LogP contribution in [0.15, 0.2) is 0 Å². The standard InChI is InChI=1S/C4H7NO4.ClH.Zn/c5-2(4(8)9)1-3(6)7;;/h2H,1,5H2,(H,6,7)(H,8,9);1H;/t2-;;/m0../s1. The Morgan fingerprint density at radius 1 is 1.36 bits per heavy atom. The average molecular weight is 235 g/mol. The Kier molecular flexibility index (Phi) is 12.3. The molecule has 0 aliphatic rings. The molecule has 0 fully saturated rings. The molecule has 0 heterocycles. The fourth-order valence-electron chi connectivity index (χ4n) is 0.275. The van der Waals surface area contributed by atoms with Crippen molar-refractivity contribution in [3.8, 4) is 0 Å². The molecule has 11 heavy (non-hydrogen) atoms. The van der Waals surface area contributed by atoms with Gasteiger partial charge in [-0.2, -0.15) is 0 Å². The van der Waals surface area contributed by atoms with Gasteiger partial charge < -0.3 is 15.9 Å². The van der Waals surface area contributed by atoms with Gasteiger partial charge in [0.25, 0.3) is 0 Å². The Bertz CT molecular complexity index is 142. The summed E-state index contributed by atoms with van der Waals surface area (Å²) in [5, 5.41) is 16.0. The van der Waals surface area contributed by atoms with E-state index in [2.05, 4.69) is 0 Å². The molecule has 0 saturated heterocycles. The normalized spacial score (nSPS) is 10.3. The van der Waals surface area contributed by atoms with Crippen LogP contribution in [0.4, 0.5) is 0 Å². The number of nitrogens with two attached hydrogens (primary N) is 1. The van der Waals surface area contributed by atoms with Crippen molar-refractivity contribution in [2.45, 2.75) is 12.5 Å². The van der Waals surface area contributed by atoms with Crippen molar-refractivity contribution in [3.63, 3.8) is 0 Å². The number of rotatable bonds is 3. The van der Waals surface area contributed by atoms with Gasteiger partial charge in [0.1, 0.15) is 6.04 Å². The fourth-order valence-corrected chi connectivity index (χ4v) is 0.275. The molecule has 0 amide bonds. The summed E-state index contributed by atoms with van der Waals surface area (Å²) in [6.07, 6.45) is -0.532. The molecule has 4 N–H and O–H groups in total. The van der Waals surface area contributed by atoms with Crippen LogP contribution in [0.25, 0.3) is 0 Å². The van der Waals surface area contributed by atoms with Crippen LogP contribution in [0.1, 0.15) is 6.42 Å². The number of aliphatic carboxylic acids is 2. The molecule has 0 radical (unpaired) electrons. The second-order valence-electron chi connectivity index (χ2n) is 1.54. The van der Waals surface area contributed by atoms with Crippen LogP contribution < -0.4 is 5.73 Å². The third-order valence-corrected chi connectivity index (χ3v) is 0.712. The van der Waals surface area contributed by atoms with E-state index in [1.807, 2.05) is 0 Å². The maximum atomic E-state index is 9.85. The van der Waals surface area contributed by atoms with E-state index in [0.29, 0.717) is 0 Å². The molecular weight excluding hydrogens is 227 g/mol. The van der Waals surface area contributed by atoms with Crippen LogP contribution in [-0.4, -0.2) is 28.2 Å². The number of hydrogen-bond donors (Lipinski definition) is 3. The van der Waals surface area contributed by atoms with Crippen molar-refractivity contribution in [1.82, 2.24) is 0 Å². The largest absolute Gasteiger partial charge is 0.481 e.